The quantitative estimate of drug-likeness (QED) is 0.598. The third-order valence-electron chi connectivity index (χ3n) is 3.24. The second-order valence-corrected chi connectivity index (χ2v) is 4.80. The summed E-state index contributed by atoms with van der Waals surface area (Å²) >= 11 is 0. The fourth-order valence-electron chi connectivity index (χ4n) is 2.33. The van der Waals surface area contributed by atoms with Gasteiger partial charge in [-0.3, -0.25) is 14.5 Å². The van der Waals surface area contributed by atoms with Gasteiger partial charge in [-0.15, -0.1) is 0 Å². The molecule has 0 aromatic carbocycles. The summed E-state index contributed by atoms with van der Waals surface area (Å²) < 4.78 is 0. The van der Waals surface area contributed by atoms with Crippen LogP contribution in [0.1, 0.15) is 19.8 Å². The summed E-state index contributed by atoms with van der Waals surface area (Å²) in [5.74, 6) is -1.55. The van der Waals surface area contributed by atoms with E-state index < -0.39 is 12.0 Å². The van der Waals surface area contributed by atoms with Crippen LogP contribution in [0.5, 0.6) is 0 Å². The van der Waals surface area contributed by atoms with Gasteiger partial charge in [-0.2, -0.15) is 0 Å². The van der Waals surface area contributed by atoms with Crippen LogP contribution in [0.2, 0.25) is 0 Å². The second kappa shape index (κ2) is 7.08. The minimum atomic E-state index is -1.06. The van der Waals surface area contributed by atoms with Gasteiger partial charge >= 0.3 is 5.97 Å². The molecule has 2 atom stereocenters. The summed E-state index contributed by atoms with van der Waals surface area (Å²) in [7, 11) is 1.60. The van der Waals surface area contributed by atoms with Crippen LogP contribution in [0.25, 0.3) is 0 Å². The number of nitrogens with zero attached hydrogens (tertiary/aromatic N) is 1. The zero-order chi connectivity index (χ0) is 14.4. The monoisotopic (exact) mass is 271 g/mol. The lowest BCUT2D eigenvalue weighted by Crippen LogP contribution is -2.51. The summed E-state index contributed by atoms with van der Waals surface area (Å²) in [6, 6.07) is -0.930. The first-order valence-corrected chi connectivity index (χ1v) is 6.38. The van der Waals surface area contributed by atoms with Gasteiger partial charge in [-0.05, 0) is 19.4 Å². The van der Waals surface area contributed by atoms with Gasteiger partial charge in [0.2, 0.25) is 11.8 Å². The van der Waals surface area contributed by atoms with Crippen molar-refractivity contribution in [3.63, 3.8) is 0 Å². The molecule has 0 aliphatic carbocycles. The molecule has 108 valence electrons. The highest BCUT2D eigenvalue weighted by molar-refractivity contribution is 5.82. The topological polar surface area (TPSA) is 98.7 Å². The second-order valence-electron chi connectivity index (χ2n) is 4.80. The van der Waals surface area contributed by atoms with E-state index in [0.29, 0.717) is 6.54 Å². The fourth-order valence-corrected chi connectivity index (χ4v) is 2.33. The van der Waals surface area contributed by atoms with Gasteiger partial charge < -0.3 is 15.7 Å². The molecule has 2 unspecified atom stereocenters. The Balaban J connectivity index is 2.56. The highest BCUT2D eigenvalue weighted by Gasteiger charge is 2.28. The largest absolute Gasteiger partial charge is 0.480 e. The fraction of sp³-hybridized carbons (Fsp3) is 0.750. The smallest absolute Gasteiger partial charge is 0.327 e. The average molecular weight is 271 g/mol. The summed E-state index contributed by atoms with van der Waals surface area (Å²) in [6.45, 7) is 2.79. The lowest BCUT2D eigenvalue weighted by atomic mass is 9.97. The molecular weight excluding hydrogens is 250 g/mol. The molecule has 7 heteroatoms. The van der Waals surface area contributed by atoms with E-state index >= 15 is 0 Å². The van der Waals surface area contributed by atoms with Crippen molar-refractivity contribution in [2.75, 3.05) is 26.7 Å². The lowest BCUT2D eigenvalue weighted by molar-refractivity contribution is -0.142. The number of aliphatic carboxylic acids is 1. The number of likely N-dealkylation sites (tertiary alicyclic amines) is 1. The maximum absolute atomic E-state index is 11.6. The Labute approximate surface area is 112 Å². The Bertz CT molecular complexity index is 359. The normalized spacial score (nSPS) is 21.5. The van der Waals surface area contributed by atoms with Crippen molar-refractivity contribution in [3.8, 4) is 0 Å². The van der Waals surface area contributed by atoms with Crippen molar-refractivity contribution in [2.24, 2.45) is 5.92 Å². The van der Waals surface area contributed by atoms with Crippen LogP contribution in [0, 0.1) is 5.92 Å². The number of carboxylic acid groups (broad SMARTS) is 1. The maximum atomic E-state index is 11.6. The molecule has 2 amide bonds. The van der Waals surface area contributed by atoms with E-state index in [2.05, 4.69) is 10.6 Å². The lowest BCUT2D eigenvalue weighted by Gasteiger charge is -2.33. The number of carbonyl (C=O) groups is 3. The van der Waals surface area contributed by atoms with Crippen LogP contribution in [0.15, 0.2) is 0 Å². The summed E-state index contributed by atoms with van der Waals surface area (Å²) in [5.41, 5.74) is 0. The van der Waals surface area contributed by atoms with E-state index in [4.69, 9.17) is 5.11 Å². The highest BCUT2D eigenvalue weighted by atomic mass is 16.4. The number of carbonyl (C=O) groups excluding carboxylic acids is 2. The van der Waals surface area contributed by atoms with E-state index in [1.54, 1.807) is 7.05 Å². The molecule has 0 spiro atoms. The number of piperidine rings is 1. The predicted molar refractivity (Wildman–Crippen MR) is 68.5 cm³/mol. The minimum Gasteiger partial charge on any atom is -0.480 e. The molecule has 0 bridgehead atoms. The minimum absolute atomic E-state index is 0.0175. The van der Waals surface area contributed by atoms with Crippen LogP contribution in [0.4, 0.5) is 0 Å². The number of hydrogen-bond donors (Lipinski definition) is 3. The molecule has 0 aromatic heterocycles. The van der Waals surface area contributed by atoms with Crippen LogP contribution in [0.3, 0.4) is 0 Å². The SMILES string of the molecule is CNC(=O)C1CCCN(CC(NC(C)=O)C(=O)O)C1. The van der Waals surface area contributed by atoms with E-state index in [1.807, 2.05) is 4.90 Å². The number of amides is 2. The van der Waals surface area contributed by atoms with E-state index in [-0.39, 0.29) is 24.3 Å². The van der Waals surface area contributed by atoms with Crippen molar-refractivity contribution >= 4 is 17.8 Å². The molecule has 3 N–H and O–H groups in total. The van der Waals surface area contributed by atoms with Crippen molar-refractivity contribution in [3.05, 3.63) is 0 Å². The molecule has 0 radical (unpaired) electrons. The number of nitrogens with one attached hydrogen (secondary N) is 2. The first-order chi connectivity index (χ1) is 8.93. The average Bonchev–Trinajstić information content (AvgIpc) is 2.36. The van der Waals surface area contributed by atoms with E-state index in [0.717, 1.165) is 19.4 Å². The predicted octanol–water partition coefficient (Wildman–Crippen LogP) is -0.966. The molecule has 19 heavy (non-hydrogen) atoms. The molecule has 1 rings (SSSR count). The Morgan fingerprint density at radius 3 is 2.63 bits per heavy atom. The van der Waals surface area contributed by atoms with Crippen molar-refractivity contribution < 1.29 is 19.5 Å². The van der Waals surface area contributed by atoms with E-state index in [9.17, 15) is 14.4 Å². The van der Waals surface area contributed by atoms with Gasteiger partial charge in [0.05, 0.1) is 5.92 Å². The Kier molecular flexibility index (Phi) is 5.75. The van der Waals surface area contributed by atoms with Gasteiger partial charge in [0.15, 0.2) is 0 Å². The Hall–Kier alpha value is -1.63. The van der Waals surface area contributed by atoms with Gasteiger partial charge in [0, 0.05) is 27.1 Å². The number of hydrogen-bond acceptors (Lipinski definition) is 4. The first-order valence-electron chi connectivity index (χ1n) is 6.38. The van der Waals surface area contributed by atoms with Gasteiger partial charge in [-0.1, -0.05) is 0 Å². The number of carboxylic acids is 1. The van der Waals surface area contributed by atoms with Crippen LogP contribution < -0.4 is 10.6 Å². The molecule has 1 aliphatic heterocycles. The number of rotatable bonds is 5. The van der Waals surface area contributed by atoms with Crippen LogP contribution >= 0.6 is 0 Å². The van der Waals surface area contributed by atoms with Crippen LogP contribution in [-0.2, 0) is 14.4 Å². The molecular formula is C12H21N3O4. The zero-order valence-electron chi connectivity index (χ0n) is 11.3. The molecule has 1 heterocycles. The molecule has 1 fully saturated rings. The molecule has 1 saturated heterocycles. The third-order valence-corrected chi connectivity index (χ3v) is 3.24. The highest BCUT2D eigenvalue weighted by Crippen LogP contribution is 2.16. The Morgan fingerprint density at radius 1 is 1.42 bits per heavy atom. The van der Waals surface area contributed by atoms with Crippen molar-refractivity contribution in [2.45, 2.75) is 25.8 Å². The zero-order valence-corrected chi connectivity index (χ0v) is 11.3. The molecule has 0 aromatic rings. The van der Waals surface area contributed by atoms with Gasteiger partial charge in [0.25, 0.3) is 0 Å². The summed E-state index contributed by atoms with van der Waals surface area (Å²) in [5, 5.41) is 14.1. The molecule has 1 aliphatic rings. The Morgan fingerprint density at radius 2 is 2.11 bits per heavy atom. The first kappa shape index (κ1) is 15.4. The maximum Gasteiger partial charge on any atom is 0.327 e. The van der Waals surface area contributed by atoms with Gasteiger partial charge in [0.1, 0.15) is 6.04 Å². The van der Waals surface area contributed by atoms with E-state index in [1.165, 1.54) is 6.92 Å². The molecule has 7 nitrogen and oxygen atoms in total. The van der Waals surface area contributed by atoms with Gasteiger partial charge in [-0.25, -0.2) is 4.79 Å². The summed E-state index contributed by atoms with van der Waals surface area (Å²) in [4.78, 5) is 35.5. The van der Waals surface area contributed by atoms with Crippen molar-refractivity contribution in [1.82, 2.24) is 15.5 Å². The molecule has 0 saturated carbocycles. The van der Waals surface area contributed by atoms with Crippen LogP contribution in [-0.4, -0.2) is 60.5 Å². The standard InChI is InChI=1S/C12H21N3O4/c1-8(16)14-10(12(18)19)7-15-5-3-4-9(6-15)11(17)13-2/h9-10H,3-7H2,1-2H3,(H,13,17)(H,14,16)(H,18,19). The summed E-state index contributed by atoms with van der Waals surface area (Å²) in [6.07, 6.45) is 1.67. The third kappa shape index (κ3) is 4.86. The van der Waals surface area contributed by atoms with Crippen molar-refractivity contribution in [1.29, 1.82) is 0 Å².